The third-order valence-corrected chi connectivity index (χ3v) is 4.02. The molecule has 1 aliphatic rings. The van der Waals surface area contributed by atoms with Gasteiger partial charge in [0.2, 0.25) is 0 Å². The van der Waals surface area contributed by atoms with Gasteiger partial charge in [-0.3, -0.25) is 0 Å². The smallest absolute Gasteiger partial charge is 0.132 e. The lowest BCUT2D eigenvalue weighted by Gasteiger charge is -2.14. The van der Waals surface area contributed by atoms with Gasteiger partial charge in [0.25, 0.3) is 0 Å². The van der Waals surface area contributed by atoms with Crippen molar-refractivity contribution in [2.45, 2.75) is 32.4 Å². The van der Waals surface area contributed by atoms with E-state index in [2.05, 4.69) is 5.32 Å². The zero-order valence-electron chi connectivity index (χ0n) is 11.8. The molecule has 0 bridgehead atoms. The minimum atomic E-state index is 0.643. The van der Waals surface area contributed by atoms with Crippen LogP contribution in [0, 0.1) is 6.92 Å². The summed E-state index contributed by atoms with van der Waals surface area (Å²) in [7, 11) is 0. The van der Waals surface area contributed by atoms with Crippen molar-refractivity contribution in [1.82, 2.24) is 5.32 Å². The Balaban J connectivity index is 1.84. The van der Waals surface area contributed by atoms with Crippen LogP contribution in [0.3, 0.4) is 0 Å². The highest BCUT2D eigenvalue weighted by molar-refractivity contribution is 6.31. The van der Waals surface area contributed by atoms with Crippen LogP contribution in [0.1, 0.15) is 24.0 Å². The zero-order valence-corrected chi connectivity index (χ0v) is 13.3. The highest BCUT2D eigenvalue weighted by Crippen LogP contribution is 2.32. The predicted molar refractivity (Wildman–Crippen MR) is 87.6 cm³/mol. The summed E-state index contributed by atoms with van der Waals surface area (Å²) >= 11 is 12.1. The fraction of sp³-hybridized carbons (Fsp3) is 0.294. The van der Waals surface area contributed by atoms with Gasteiger partial charge in [-0.05, 0) is 55.7 Å². The number of ether oxygens (including phenoxy) is 1. The van der Waals surface area contributed by atoms with Crippen LogP contribution in [-0.4, -0.2) is 6.04 Å². The van der Waals surface area contributed by atoms with E-state index in [1.807, 2.05) is 43.3 Å². The van der Waals surface area contributed by atoms with E-state index in [4.69, 9.17) is 27.9 Å². The van der Waals surface area contributed by atoms with Gasteiger partial charge in [-0.25, -0.2) is 0 Å². The van der Waals surface area contributed by atoms with Gasteiger partial charge in [-0.1, -0.05) is 29.3 Å². The van der Waals surface area contributed by atoms with Crippen LogP contribution in [0.15, 0.2) is 36.4 Å². The van der Waals surface area contributed by atoms with Crippen LogP contribution in [0.25, 0.3) is 0 Å². The molecule has 1 aliphatic carbocycles. The van der Waals surface area contributed by atoms with E-state index in [1.54, 1.807) is 0 Å². The van der Waals surface area contributed by atoms with Crippen molar-refractivity contribution in [1.29, 1.82) is 0 Å². The van der Waals surface area contributed by atoms with Gasteiger partial charge in [0.15, 0.2) is 0 Å². The Bertz CT molecular complexity index is 653. The molecule has 1 fully saturated rings. The minimum absolute atomic E-state index is 0.643. The first kappa shape index (κ1) is 14.7. The summed E-state index contributed by atoms with van der Waals surface area (Å²) in [6.45, 7) is 2.77. The molecule has 3 rings (SSSR count). The molecule has 0 aromatic heterocycles. The first-order valence-corrected chi connectivity index (χ1v) is 7.83. The fourth-order valence-electron chi connectivity index (χ4n) is 2.13. The van der Waals surface area contributed by atoms with Gasteiger partial charge >= 0.3 is 0 Å². The molecule has 4 heteroatoms. The van der Waals surface area contributed by atoms with E-state index >= 15 is 0 Å². The summed E-state index contributed by atoms with van der Waals surface area (Å²) in [4.78, 5) is 0. The molecule has 110 valence electrons. The molecule has 2 nitrogen and oxygen atoms in total. The third-order valence-electron chi connectivity index (χ3n) is 3.55. The molecule has 0 saturated heterocycles. The summed E-state index contributed by atoms with van der Waals surface area (Å²) in [5.74, 6) is 1.59. The Morgan fingerprint density at radius 3 is 2.52 bits per heavy atom. The third kappa shape index (κ3) is 3.91. The Kier molecular flexibility index (Phi) is 4.39. The lowest BCUT2D eigenvalue weighted by Crippen LogP contribution is -2.15. The molecular weight excluding hydrogens is 305 g/mol. The van der Waals surface area contributed by atoms with Gasteiger partial charge in [-0.2, -0.15) is 0 Å². The lowest BCUT2D eigenvalue weighted by atomic mass is 10.2. The highest BCUT2D eigenvalue weighted by Gasteiger charge is 2.20. The lowest BCUT2D eigenvalue weighted by molar-refractivity contribution is 0.469. The van der Waals surface area contributed by atoms with E-state index in [0.29, 0.717) is 11.1 Å². The first-order chi connectivity index (χ1) is 10.1. The summed E-state index contributed by atoms with van der Waals surface area (Å²) in [5, 5.41) is 4.88. The number of aryl methyl sites for hydroxylation is 1. The maximum absolute atomic E-state index is 6.10. The van der Waals surface area contributed by atoms with Crippen LogP contribution in [0.5, 0.6) is 11.5 Å². The molecule has 0 radical (unpaired) electrons. The van der Waals surface area contributed by atoms with E-state index in [1.165, 1.54) is 12.8 Å². The standard InChI is InChI=1S/C17H17Cl2NO/c1-11-2-3-14(19)9-17(11)21-16-7-4-13(18)8-12(16)10-20-15-5-6-15/h2-4,7-9,15,20H,5-6,10H2,1H3. The van der Waals surface area contributed by atoms with Crippen molar-refractivity contribution in [2.24, 2.45) is 0 Å². The van der Waals surface area contributed by atoms with Crippen LogP contribution < -0.4 is 10.1 Å². The quantitative estimate of drug-likeness (QED) is 0.801. The van der Waals surface area contributed by atoms with Crippen molar-refractivity contribution in [3.8, 4) is 11.5 Å². The van der Waals surface area contributed by atoms with Crippen LogP contribution in [0.4, 0.5) is 0 Å². The molecule has 21 heavy (non-hydrogen) atoms. The summed E-state index contributed by atoms with van der Waals surface area (Å²) in [5.41, 5.74) is 2.12. The SMILES string of the molecule is Cc1ccc(Cl)cc1Oc1ccc(Cl)cc1CNC1CC1. The summed E-state index contributed by atoms with van der Waals surface area (Å²) < 4.78 is 6.05. The molecule has 0 unspecified atom stereocenters. The van der Waals surface area contributed by atoms with E-state index < -0.39 is 0 Å². The molecule has 2 aromatic carbocycles. The molecule has 1 saturated carbocycles. The van der Waals surface area contributed by atoms with Gasteiger partial charge in [0.1, 0.15) is 11.5 Å². The molecule has 0 atom stereocenters. The van der Waals surface area contributed by atoms with Crippen LogP contribution in [-0.2, 0) is 6.54 Å². The molecular formula is C17H17Cl2NO. The van der Waals surface area contributed by atoms with Crippen molar-refractivity contribution < 1.29 is 4.74 Å². The molecule has 0 heterocycles. The summed E-state index contributed by atoms with van der Waals surface area (Å²) in [6.07, 6.45) is 2.51. The summed E-state index contributed by atoms with van der Waals surface area (Å²) in [6, 6.07) is 12.0. The van der Waals surface area contributed by atoms with Crippen molar-refractivity contribution in [3.05, 3.63) is 57.6 Å². The number of halogens is 2. The molecule has 2 aromatic rings. The second kappa shape index (κ2) is 6.27. The zero-order chi connectivity index (χ0) is 14.8. The maximum Gasteiger partial charge on any atom is 0.132 e. The molecule has 0 aliphatic heterocycles. The van der Waals surface area contributed by atoms with Crippen LogP contribution in [0.2, 0.25) is 10.0 Å². The Labute approximate surface area is 135 Å². The van der Waals surface area contributed by atoms with E-state index in [9.17, 15) is 0 Å². The number of benzene rings is 2. The highest BCUT2D eigenvalue weighted by atomic mass is 35.5. The van der Waals surface area contributed by atoms with E-state index in [-0.39, 0.29) is 0 Å². The van der Waals surface area contributed by atoms with Gasteiger partial charge in [0, 0.05) is 28.2 Å². The first-order valence-electron chi connectivity index (χ1n) is 7.07. The van der Waals surface area contributed by atoms with Gasteiger partial charge < -0.3 is 10.1 Å². The van der Waals surface area contributed by atoms with Crippen molar-refractivity contribution in [3.63, 3.8) is 0 Å². The van der Waals surface area contributed by atoms with Gasteiger partial charge in [-0.15, -0.1) is 0 Å². The average Bonchev–Trinajstić information content (AvgIpc) is 3.27. The maximum atomic E-state index is 6.10. The largest absolute Gasteiger partial charge is 0.457 e. The fourth-order valence-corrected chi connectivity index (χ4v) is 2.49. The Hall–Kier alpha value is -1.22. The monoisotopic (exact) mass is 321 g/mol. The minimum Gasteiger partial charge on any atom is -0.457 e. The normalized spacial score (nSPS) is 14.2. The van der Waals surface area contributed by atoms with E-state index in [0.717, 1.165) is 34.2 Å². The molecule has 0 amide bonds. The Morgan fingerprint density at radius 1 is 1.05 bits per heavy atom. The number of hydrogen-bond acceptors (Lipinski definition) is 2. The Morgan fingerprint density at radius 2 is 1.76 bits per heavy atom. The second-order valence-corrected chi connectivity index (χ2v) is 6.29. The molecule has 0 spiro atoms. The average molecular weight is 322 g/mol. The van der Waals surface area contributed by atoms with Crippen molar-refractivity contribution >= 4 is 23.2 Å². The predicted octanol–water partition coefficient (Wildman–Crippen LogP) is 5.35. The second-order valence-electron chi connectivity index (χ2n) is 5.42. The van der Waals surface area contributed by atoms with Crippen LogP contribution >= 0.6 is 23.2 Å². The number of rotatable bonds is 5. The van der Waals surface area contributed by atoms with Gasteiger partial charge in [0.05, 0.1) is 0 Å². The number of nitrogens with one attached hydrogen (secondary N) is 1. The molecule has 1 N–H and O–H groups in total. The number of hydrogen-bond donors (Lipinski definition) is 1. The van der Waals surface area contributed by atoms with Crippen molar-refractivity contribution in [2.75, 3.05) is 0 Å². The topological polar surface area (TPSA) is 21.3 Å².